The van der Waals surface area contributed by atoms with Crippen molar-refractivity contribution in [2.45, 2.75) is 76.9 Å². The lowest BCUT2D eigenvalue weighted by atomic mass is 9.78. The van der Waals surface area contributed by atoms with E-state index in [1.807, 2.05) is 0 Å². The van der Waals surface area contributed by atoms with Crippen molar-refractivity contribution in [1.29, 1.82) is 5.26 Å². The first-order valence-electron chi connectivity index (χ1n) is 7.97. The van der Waals surface area contributed by atoms with Crippen LogP contribution in [-0.4, -0.2) is 35.6 Å². The Bertz CT molecular complexity index is 331. The van der Waals surface area contributed by atoms with E-state index < -0.39 is 5.54 Å². The van der Waals surface area contributed by atoms with Crippen molar-refractivity contribution in [2.24, 2.45) is 5.92 Å². The maximum atomic E-state index is 9.52. The van der Waals surface area contributed by atoms with Gasteiger partial charge in [0.25, 0.3) is 0 Å². The summed E-state index contributed by atoms with van der Waals surface area (Å²) in [6.07, 6.45) is 8.25. The summed E-state index contributed by atoms with van der Waals surface area (Å²) in [4.78, 5) is 2.60. The molecule has 1 aliphatic carbocycles. The summed E-state index contributed by atoms with van der Waals surface area (Å²) in [6, 6.07) is 3.60. The van der Waals surface area contributed by atoms with Gasteiger partial charge in [0.1, 0.15) is 5.54 Å². The van der Waals surface area contributed by atoms with E-state index in [1.165, 1.54) is 45.1 Å². The second-order valence-corrected chi connectivity index (χ2v) is 6.97. The Balaban J connectivity index is 2.01. The number of piperidine rings is 1. The summed E-state index contributed by atoms with van der Waals surface area (Å²) in [5.41, 5.74) is -0.409. The largest absolute Gasteiger partial charge is 0.297 e. The Kier molecular flexibility index (Phi) is 4.86. The molecule has 3 heteroatoms. The zero-order chi connectivity index (χ0) is 13.9. The normalized spacial score (nSPS) is 31.5. The maximum absolute atomic E-state index is 9.52. The van der Waals surface area contributed by atoms with Gasteiger partial charge in [-0.1, -0.05) is 12.8 Å². The van der Waals surface area contributed by atoms with E-state index in [0.29, 0.717) is 6.04 Å². The molecule has 1 saturated carbocycles. The van der Waals surface area contributed by atoms with Crippen LogP contribution in [0.3, 0.4) is 0 Å². The lowest BCUT2D eigenvalue weighted by Gasteiger charge is -2.46. The molecule has 0 amide bonds. The molecule has 0 radical (unpaired) electrons. The third-order valence-electron chi connectivity index (χ3n) is 4.73. The van der Waals surface area contributed by atoms with Gasteiger partial charge < -0.3 is 0 Å². The average molecular weight is 263 g/mol. The predicted molar refractivity (Wildman–Crippen MR) is 78.8 cm³/mol. The standard InChI is InChI=1S/C16H29N3/c1-13(2)18-16(3,11-17)12-19-10-6-8-14-7-4-5-9-15(14)19/h13-15,18H,4-10,12H2,1-3H3/t14-,15-,16?/m1/s1. The number of hydrogen-bond acceptors (Lipinski definition) is 3. The fourth-order valence-electron chi connectivity index (χ4n) is 4.08. The highest BCUT2D eigenvalue weighted by atomic mass is 15.2. The van der Waals surface area contributed by atoms with Crippen LogP contribution in [0, 0.1) is 17.2 Å². The van der Waals surface area contributed by atoms with Crippen molar-refractivity contribution in [2.75, 3.05) is 13.1 Å². The van der Waals surface area contributed by atoms with Crippen LogP contribution in [0.25, 0.3) is 0 Å². The first-order chi connectivity index (χ1) is 9.04. The molecule has 2 fully saturated rings. The fourth-order valence-corrected chi connectivity index (χ4v) is 4.08. The lowest BCUT2D eigenvalue weighted by Crippen LogP contribution is -2.57. The summed E-state index contributed by atoms with van der Waals surface area (Å²) in [7, 11) is 0. The molecule has 0 aromatic carbocycles. The molecule has 1 saturated heterocycles. The van der Waals surface area contributed by atoms with Gasteiger partial charge in [-0.2, -0.15) is 5.26 Å². The first kappa shape index (κ1) is 14.8. The third-order valence-corrected chi connectivity index (χ3v) is 4.73. The molecule has 0 aromatic heterocycles. The summed E-state index contributed by atoms with van der Waals surface area (Å²) in [5, 5.41) is 13.0. The van der Waals surface area contributed by atoms with Crippen molar-refractivity contribution in [3.63, 3.8) is 0 Å². The van der Waals surface area contributed by atoms with Gasteiger partial charge >= 0.3 is 0 Å². The Hall–Kier alpha value is -0.590. The van der Waals surface area contributed by atoms with E-state index in [4.69, 9.17) is 0 Å². The number of rotatable bonds is 4. The molecule has 1 aliphatic heterocycles. The summed E-state index contributed by atoms with van der Waals surface area (Å²) in [6.45, 7) is 8.35. The minimum atomic E-state index is -0.409. The molecule has 108 valence electrons. The fraction of sp³-hybridized carbons (Fsp3) is 0.938. The molecule has 0 bridgehead atoms. The minimum Gasteiger partial charge on any atom is -0.297 e. The van der Waals surface area contributed by atoms with Gasteiger partial charge in [-0.15, -0.1) is 0 Å². The average Bonchev–Trinajstić information content (AvgIpc) is 2.38. The van der Waals surface area contributed by atoms with E-state index in [-0.39, 0.29) is 0 Å². The van der Waals surface area contributed by atoms with Gasteiger partial charge in [0.2, 0.25) is 0 Å². The van der Waals surface area contributed by atoms with Crippen LogP contribution in [0.4, 0.5) is 0 Å². The number of nitriles is 1. The van der Waals surface area contributed by atoms with E-state index in [0.717, 1.165) is 18.5 Å². The molecule has 0 spiro atoms. The smallest absolute Gasteiger partial charge is 0.116 e. The third kappa shape index (κ3) is 3.70. The van der Waals surface area contributed by atoms with E-state index in [1.54, 1.807) is 0 Å². The molecule has 3 atom stereocenters. The van der Waals surface area contributed by atoms with Crippen LogP contribution in [0.1, 0.15) is 59.3 Å². The van der Waals surface area contributed by atoms with Crippen molar-refractivity contribution in [3.05, 3.63) is 0 Å². The summed E-state index contributed by atoms with van der Waals surface area (Å²) >= 11 is 0. The molecule has 0 aromatic rings. The Labute approximate surface area is 118 Å². The van der Waals surface area contributed by atoms with E-state index >= 15 is 0 Å². The Morgan fingerprint density at radius 2 is 1.95 bits per heavy atom. The van der Waals surface area contributed by atoms with Gasteiger partial charge in [0.05, 0.1) is 6.07 Å². The van der Waals surface area contributed by atoms with Crippen LogP contribution in [0.2, 0.25) is 0 Å². The van der Waals surface area contributed by atoms with Gasteiger partial charge in [0.15, 0.2) is 0 Å². The number of hydrogen-bond donors (Lipinski definition) is 1. The Morgan fingerprint density at radius 3 is 2.63 bits per heavy atom. The van der Waals surface area contributed by atoms with Crippen molar-refractivity contribution in [3.8, 4) is 6.07 Å². The summed E-state index contributed by atoms with van der Waals surface area (Å²) < 4.78 is 0. The van der Waals surface area contributed by atoms with Crippen molar-refractivity contribution < 1.29 is 0 Å². The van der Waals surface area contributed by atoms with Gasteiger partial charge in [-0.05, 0) is 58.9 Å². The van der Waals surface area contributed by atoms with E-state index in [2.05, 4.69) is 37.1 Å². The molecule has 2 aliphatic rings. The quantitative estimate of drug-likeness (QED) is 0.847. The van der Waals surface area contributed by atoms with Crippen molar-refractivity contribution in [1.82, 2.24) is 10.2 Å². The second kappa shape index (κ2) is 6.24. The number of likely N-dealkylation sites (tertiary alicyclic amines) is 1. The predicted octanol–water partition coefficient (Wildman–Crippen LogP) is 2.92. The zero-order valence-corrected chi connectivity index (χ0v) is 12.8. The molecule has 3 nitrogen and oxygen atoms in total. The van der Waals surface area contributed by atoms with Gasteiger partial charge in [-0.25, -0.2) is 0 Å². The highest BCUT2D eigenvalue weighted by Gasteiger charge is 2.37. The van der Waals surface area contributed by atoms with Gasteiger partial charge in [-0.3, -0.25) is 10.2 Å². The lowest BCUT2D eigenvalue weighted by molar-refractivity contribution is 0.0457. The monoisotopic (exact) mass is 263 g/mol. The van der Waals surface area contributed by atoms with Gasteiger partial charge in [0, 0.05) is 18.6 Å². The molecular weight excluding hydrogens is 234 g/mol. The molecular formula is C16H29N3. The molecule has 2 rings (SSSR count). The molecule has 1 N–H and O–H groups in total. The highest BCUT2D eigenvalue weighted by molar-refractivity contribution is 5.07. The van der Waals surface area contributed by atoms with Crippen LogP contribution in [0.15, 0.2) is 0 Å². The zero-order valence-electron chi connectivity index (χ0n) is 12.8. The first-order valence-corrected chi connectivity index (χ1v) is 7.97. The van der Waals surface area contributed by atoms with Crippen molar-refractivity contribution >= 4 is 0 Å². The topological polar surface area (TPSA) is 39.1 Å². The minimum absolute atomic E-state index is 0.358. The Morgan fingerprint density at radius 1 is 1.26 bits per heavy atom. The SMILES string of the molecule is CC(C)NC(C)(C#N)CN1CCC[C@H]2CCCC[C@H]21. The summed E-state index contributed by atoms with van der Waals surface area (Å²) in [5.74, 6) is 0.893. The molecule has 19 heavy (non-hydrogen) atoms. The van der Waals surface area contributed by atoms with Crippen LogP contribution in [-0.2, 0) is 0 Å². The van der Waals surface area contributed by atoms with Crippen LogP contribution in [0.5, 0.6) is 0 Å². The molecule has 1 unspecified atom stereocenters. The van der Waals surface area contributed by atoms with E-state index in [9.17, 15) is 5.26 Å². The second-order valence-electron chi connectivity index (χ2n) is 6.97. The maximum Gasteiger partial charge on any atom is 0.116 e. The number of nitrogens with zero attached hydrogens (tertiary/aromatic N) is 2. The van der Waals surface area contributed by atoms with Crippen LogP contribution < -0.4 is 5.32 Å². The number of nitrogens with one attached hydrogen (secondary N) is 1. The number of fused-ring (bicyclic) bond motifs is 1. The highest BCUT2D eigenvalue weighted by Crippen LogP contribution is 2.35. The van der Waals surface area contributed by atoms with Crippen LogP contribution >= 0.6 is 0 Å². The molecule has 1 heterocycles.